The quantitative estimate of drug-likeness (QED) is 0.880. The van der Waals surface area contributed by atoms with Crippen LogP contribution in [0.25, 0.3) is 10.9 Å². The Balaban J connectivity index is 2.66. The minimum atomic E-state index is -0.858. The Labute approximate surface area is 101 Å². The molecule has 2 rings (SSSR count). The number of fused-ring (bicyclic) bond motifs is 1. The van der Waals surface area contributed by atoms with Gasteiger partial charge in [-0.05, 0) is 25.0 Å². The zero-order valence-electron chi connectivity index (χ0n) is 10.4. The van der Waals surface area contributed by atoms with E-state index in [-0.39, 0.29) is 0 Å². The molecule has 3 nitrogen and oxygen atoms in total. The number of benzene rings is 1. The van der Waals surface area contributed by atoms with Crippen LogP contribution in [0, 0.1) is 12.8 Å². The molecule has 3 heteroatoms. The van der Waals surface area contributed by atoms with Gasteiger partial charge in [0.2, 0.25) is 0 Å². The number of hydrogen-bond acceptors (Lipinski definition) is 1. The fourth-order valence-corrected chi connectivity index (χ4v) is 2.13. The van der Waals surface area contributed by atoms with Gasteiger partial charge in [0.05, 0.1) is 5.56 Å². The van der Waals surface area contributed by atoms with E-state index in [1.54, 1.807) is 6.20 Å². The van der Waals surface area contributed by atoms with Crippen LogP contribution < -0.4 is 0 Å². The van der Waals surface area contributed by atoms with Crippen LogP contribution in [0.4, 0.5) is 0 Å². The van der Waals surface area contributed by atoms with E-state index in [0.29, 0.717) is 11.5 Å². The lowest BCUT2D eigenvalue weighted by Gasteiger charge is -2.07. The number of aryl methyl sites for hydroxylation is 1. The summed E-state index contributed by atoms with van der Waals surface area (Å²) in [4.78, 5) is 11.2. The summed E-state index contributed by atoms with van der Waals surface area (Å²) in [7, 11) is 0. The van der Waals surface area contributed by atoms with Crippen molar-refractivity contribution in [2.75, 3.05) is 0 Å². The van der Waals surface area contributed by atoms with Crippen LogP contribution in [0.3, 0.4) is 0 Å². The highest BCUT2D eigenvalue weighted by molar-refractivity contribution is 6.03. The van der Waals surface area contributed by atoms with E-state index in [2.05, 4.69) is 13.8 Å². The smallest absolute Gasteiger partial charge is 0.337 e. The zero-order chi connectivity index (χ0) is 12.6. The Morgan fingerprint density at radius 1 is 1.41 bits per heavy atom. The van der Waals surface area contributed by atoms with Gasteiger partial charge in [-0.15, -0.1) is 0 Å². The Kier molecular flexibility index (Phi) is 2.92. The Morgan fingerprint density at radius 2 is 2.12 bits per heavy atom. The number of carboxylic acids is 1. The molecule has 1 heterocycles. The van der Waals surface area contributed by atoms with E-state index in [0.717, 1.165) is 23.0 Å². The average Bonchev–Trinajstić information content (AvgIpc) is 2.55. The van der Waals surface area contributed by atoms with Gasteiger partial charge in [-0.1, -0.05) is 25.5 Å². The standard InChI is InChI=1S/C14H17NO2/c1-9(2)7-15-8-12(14(16)17)11-6-10(3)4-5-13(11)15/h4-6,8-9H,7H2,1-3H3,(H,16,17). The molecule has 0 fully saturated rings. The van der Waals surface area contributed by atoms with Gasteiger partial charge in [0, 0.05) is 23.6 Å². The van der Waals surface area contributed by atoms with Gasteiger partial charge in [-0.2, -0.15) is 0 Å². The molecule has 0 radical (unpaired) electrons. The molecule has 1 N–H and O–H groups in total. The minimum Gasteiger partial charge on any atom is -0.478 e. The molecule has 0 aliphatic rings. The van der Waals surface area contributed by atoms with Crippen LogP contribution in [0.2, 0.25) is 0 Å². The van der Waals surface area contributed by atoms with Gasteiger partial charge in [-0.3, -0.25) is 0 Å². The first kappa shape index (κ1) is 11.7. The van der Waals surface area contributed by atoms with Crippen molar-refractivity contribution in [1.82, 2.24) is 4.57 Å². The van der Waals surface area contributed by atoms with Crippen molar-refractivity contribution in [3.63, 3.8) is 0 Å². The molecule has 17 heavy (non-hydrogen) atoms. The SMILES string of the molecule is Cc1ccc2c(c1)c(C(=O)O)cn2CC(C)C. The first-order chi connectivity index (χ1) is 7.99. The summed E-state index contributed by atoms with van der Waals surface area (Å²) in [6, 6.07) is 5.96. The largest absolute Gasteiger partial charge is 0.478 e. The third kappa shape index (κ3) is 2.18. The molecule has 0 saturated carbocycles. The monoisotopic (exact) mass is 231 g/mol. The lowest BCUT2D eigenvalue weighted by molar-refractivity contribution is 0.0698. The van der Waals surface area contributed by atoms with E-state index in [9.17, 15) is 9.90 Å². The maximum Gasteiger partial charge on any atom is 0.337 e. The third-order valence-electron chi connectivity index (χ3n) is 2.83. The van der Waals surface area contributed by atoms with E-state index in [1.807, 2.05) is 29.7 Å². The number of carboxylic acid groups (broad SMARTS) is 1. The van der Waals surface area contributed by atoms with Crippen LogP contribution in [-0.2, 0) is 6.54 Å². The molecular formula is C14H17NO2. The van der Waals surface area contributed by atoms with Crippen LogP contribution in [0.15, 0.2) is 24.4 Å². The van der Waals surface area contributed by atoms with Gasteiger partial charge in [0.1, 0.15) is 0 Å². The fraction of sp³-hybridized carbons (Fsp3) is 0.357. The van der Waals surface area contributed by atoms with Crippen molar-refractivity contribution in [3.8, 4) is 0 Å². The molecule has 0 unspecified atom stereocenters. The third-order valence-corrected chi connectivity index (χ3v) is 2.83. The minimum absolute atomic E-state index is 0.393. The molecule has 0 amide bonds. The molecule has 2 aromatic rings. The topological polar surface area (TPSA) is 42.2 Å². The zero-order valence-corrected chi connectivity index (χ0v) is 10.4. The summed E-state index contributed by atoms with van der Waals surface area (Å²) in [5, 5.41) is 10.0. The van der Waals surface area contributed by atoms with E-state index in [1.165, 1.54) is 0 Å². The maximum atomic E-state index is 11.2. The van der Waals surface area contributed by atoms with Crippen molar-refractivity contribution in [2.45, 2.75) is 27.3 Å². The number of hydrogen-bond donors (Lipinski definition) is 1. The highest BCUT2D eigenvalue weighted by Gasteiger charge is 2.14. The van der Waals surface area contributed by atoms with Crippen molar-refractivity contribution in [2.24, 2.45) is 5.92 Å². The first-order valence-corrected chi connectivity index (χ1v) is 5.82. The summed E-state index contributed by atoms with van der Waals surface area (Å²) in [5.41, 5.74) is 2.48. The van der Waals surface area contributed by atoms with Gasteiger partial charge in [0.25, 0.3) is 0 Å². The van der Waals surface area contributed by atoms with Crippen LogP contribution in [0.1, 0.15) is 29.8 Å². The molecule has 0 atom stereocenters. The van der Waals surface area contributed by atoms with Gasteiger partial charge in [-0.25, -0.2) is 4.79 Å². The van der Waals surface area contributed by atoms with Gasteiger partial charge in [0.15, 0.2) is 0 Å². The molecule has 1 aromatic carbocycles. The molecule has 90 valence electrons. The van der Waals surface area contributed by atoms with E-state index < -0.39 is 5.97 Å². The lowest BCUT2D eigenvalue weighted by atomic mass is 10.1. The van der Waals surface area contributed by atoms with E-state index in [4.69, 9.17) is 0 Å². The van der Waals surface area contributed by atoms with Gasteiger partial charge >= 0.3 is 5.97 Å². The summed E-state index contributed by atoms with van der Waals surface area (Å²) in [5.74, 6) is -0.364. The predicted octanol–water partition coefficient (Wildman–Crippen LogP) is 3.30. The van der Waals surface area contributed by atoms with Crippen molar-refractivity contribution < 1.29 is 9.90 Å². The van der Waals surface area contributed by atoms with Gasteiger partial charge < -0.3 is 9.67 Å². The van der Waals surface area contributed by atoms with Crippen LogP contribution in [0.5, 0.6) is 0 Å². The van der Waals surface area contributed by atoms with Crippen LogP contribution in [-0.4, -0.2) is 15.6 Å². The predicted molar refractivity (Wildman–Crippen MR) is 68.5 cm³/mol. The van der Waals surface area contributed by atoms with Crippen molar-refractivity contribution in [1.29, 1.82) is 0 Å². The Bertz CT molecular complexity index is 567. The molecule has 0 aliphatic heterocycles. The molecule has 1 aromatic heterocycles. The number of carbonyl (C=O) groups is 1. The Morgan fingerprint density at radius 3 is 2.71 bits per heavy atom. The summed E-state index contributed by atoms with van der Waals surface area (Å²) in [6.07, 6.45) is 1.74. The first-order valence-electron chi connectivity index (χ1n) is 5.82. The number of nitrogens with zero attached hydrogens (tertiary/aromatic N) is 1. The highest BCUT2D eigenvalue weighted by atomic mass is 16.4. The lowest BCUT2D eigenvalue weighted by Crippen LogP contribution is -2.03. The number of aromatic nitrogens is 1. The second kappa shape index (κ2) is 4.24. The number of aromatic carboxylic acids is 1. The highest BCUT2D eigenvalue weighted by Crippen LogP contribution is 2.23. The maximum absolute atomic E-state index is 11.2. The molecule has 0 spiro atoms. The molecule has 0 saturated heterocycles. The summed E-state index contributed by atoms with van der Waals surface area (Å²) < 4.78 is 2.03. The molecule has 0 aliphatic carbocycles. The normalized spacial score (nSPS) is 11.3. The van der Waals surface area contributed by atoms with E-state index >= 15 is 0 Å². The van der Waals surface area contributed by atoms with Crippen molar-refractivity contribution >= 4 is 16.9 Å². The molecule has 0 bridgehead atoms. The van der Waals surface area contributed by atoms with Crippen molar-refractivity contribution in [3.05, 3.63) is 35.5 Å². The second-order valence-electron chi connectivity index (χ2n) is 4.91. The van der Waals surface area contributed by atoms with Crippen LogP contribution >= 0.6 is 0 Å². The summed E-state index contributed by atoms with van der Waals surface area (Å²) in [6.45, 7) is 7.07. The number of rotatable bonds is 3. The molecular weight excluding hydrogens is 214 g/mol. The summed E-state index contributed by atoms with van der Waals surface area (Å²) >= 11 is 0. The fourth-order valence-electron chi connectivity index (χ4n) is 2.13. The average molecular weight is 231 g/mol. The second-order valence-corrected chi connectivity index (χ2v) is 4.91. The Hall–Kier alpha value is -1.77.